The van der Waals surface area contributed by atoms with Crippen LogP contribution < -0.4 is 11.1 Å². The number of aryl methyl sites for hydroxylation is 1. The van der Waals surface area contributed by atoms with Crippen LogP contribution in [0.25, 0.3) is 22.4 Å². The van der Waals surface area contributed by atoms with E-state index >= 15 is 0 Å². The molecule has 0 spiro atoms. The van der Waals surface area contributed by atoms with Gasteiger partial charge in [0.05, 0.1) is 29.7 Å². The molecule has 5 aromatic rings. The average Bonchev–Trinajstić information content (AvgIpc) is 3.60. The number of nitrogens with two attached hydrogens (primary N) is 1. The number of amides is 1. The molecule has 0 fully saturated rings. The zero-order valence-corrected chi connectivity index (χ0v) is 21.7. The Labute approximate surface area is 230 Å². The molecule has 1 atom stereocenters. The maximum atomic E-state index is 14.4. The van der Waals surface area contributed by atoms with Crippen LogP contribution in [0.5, 0.6) is 0 Å². The zero-order valence-electron chi connectivity index (χ0n) is 21.0. The Balaban J connectivity index is 1.43. The second-order valence-corrected chi connectivity index (χ2v) is 9.97. The van der Waals surface area contributed by atoms with Gasteiger partial charge >= 0.3 is 5.97 Å². The molecule has 3 aromatic heterocycles. The lowest BCUT2D eigenvalue weighted by atomic mass is 9.84. The van der Waals surface area contributed by atoms with Gasteiger partial charge in [0.2, 0.25) is 11.8 Å². The van der Waals surface area contributed by atoms with Gasteiger partial charge in [0.1, 0.15) is 29.4 Å². The van der Waals surface area contributed by atoms with E-state index in [-0.39, 0.29) is 54.1 Å². The number of aliphatic carboxylic acids is 1. The van der Waals surface area contributed by atoms with E-state index < -0.39 is 17.3 Å². The summed E-state index contributed by atoms with van der Waals surface area (Å²) in [6.07, 6.45) is 1.32. The number of carbonyl (C=O) groups is 2. The molecule has 0 saturated carbocycles. The standard InChI is InChI=1S/C27H21ClFN7O4/c1-27(26-31-15(12-40-26)7-9-19(37)38)20-22(30)32-24(33-23(20)34-25(27)39)21-16-8-6-14(28)10-18(16)36(35-21)11-13-4-2-3-5-17(13)29/h2-6,8,10,12H,7,9,11H2,1H3,(H,37,38)(H3,30,32,33,34,39)/t27-/m1/s1. The van der Waals surface area contributed by atoms with Crippen molar-refractivity contribution in [2.75, 3.05) is 11.1 Å². The summed E-state index contributed by atoms with van der Waals surface area (Å²) in [5.41, 5.74) is 7.08. The lowest BCUT2D eigenvalue weighted by Gasteiger charge is -2.18. The predicted octanol–water partition coefficient (Wildman–Crippen LogP) is 4.18. The number of oxazole rings is 1. The third kappa shape index (κ3) is 4.13. The van der Waals surface area contributed by atoms with E-state index in [1.165, 1.54) is 12.3 Å². The molecule has 4 heterocycles. The van der Waals surface area contributed by atoms with Gasteiger partial charge in [-0.25, -0.2) is 19.3 Å². The summed E-state index contributed by atoms with van der Waals surface area (Å²) in [5, 5.41) is 17.5. The maximum absolute atomic E-state index is 14.4. The number of halogens is 2. The molecule has 4 N–H and O–H groups in total. The molecule has 1 aliphatic heterocycles. The number of hydrogen-bond acceptors (Lipinski definition) is 8. The van der Waals surface area contributed by atoms with Crippen LogP contribution in [-0.2, 0) is 28.0 Å². The van der Waals surface area contributed by atoms with Crippen molar-refractivity contribution in [2.24, 2.45) is 0 Å². The molecule has 0 radical (unpaired) electrons. The number of benzene rings is 2. The minimum atomic E-state index is -1.45. The van der Waals surface area contributed by atoms with E-state index in [4.69, 9.17) is 26.9 Å². The minimum absolute atomic E-state index is 0.0110. The van der Waals surface area contributed by atoms with E-state index in [0.29, 0.717) is 32.9 Å². The van der Waals surface area contributed by atoms with Crippen LogP contribution in [-0.4, -0.2) is 41.7 Å². The van der Waals surface area contributed by atoms with Crippen LogP contribution >= 0.6 is 11.6 Å². The molecule has 6 rings (SSSR count). The molecule has 0 aliphatic carbocycles. The van der Waals surface area contributed by atoms with Crippen molar-refractivity contribution in [3.8, 4) is 11.5 Å². The number of rotatable bonds is 7. The van der Waals surface area contributed by atoms with Crippen molar-refractivity contribution in [3.63, 3.8) is 0 Å². The van der Waals surface area contributed by atoms with E-state index in [1.807, 2.05) is 0 Å². The van der Waals surface area contributed by atoms with Crippen molar-refractivity contribution in [1.82, 2.24) is 24.7 Å². The summed E-state index contributed by atoms with van der Waals surface area (Å²) in [7, 11) is 0. The molecular weight excluding hydrogens is 541 g/mol. The molecule has 1 aliphatic rings. The molecule has 13 heteroatoms. The van der Waals surface area contributed by atoms with Gasteiger partial charge in [-0.15, -0.1) is 0 Å². The SMILES string of the molecule is C[C@]1(c2nc(CCC(=O)O)co2)C(=O)Nc2nc(-c3nn(Cc4ccccc4F)c4cc(Cl)ccc34)nc(N)c21. The largest absolute Gasteiger partial charge is 0.481 e. The minimum Gasteiger partial charge on any atom is -0.481 e. The number of carboxylic acids is 1. The van der Waals surface area contributed by atoms with Crippen molar-refractivity contribution in [2.45, 2.75) is 31.7 Å². The number of nitrogen functional groups attached to an aromatic ring is 1. The second-order valence-electron chi connectivity index (χ2n) is 9.53. The molecule has 0 saturated heterocycles. The fourth-order valence-corrected chi connectivity index (χ4v) is 4.99. The first-order valence-electron chi connectivity index (χ1n) is 12.2. The molecule has 40 heavy (non-hydrogen) atoms. The van der Waals surface area contributed by atoms with Gasteiger partial charge in [-0.3, -0.25) is 14.3 Å². The predicted molar refractivity (Wildman–Crippen MR) is 143 cm³/mol. The van der Waals surface area contributed by atoms with Gasteiger partial charge in [-0.1, -0.05) is 29.8 Å². The Morgan fingerprint density at radius 1 is 1.23 bits per heavy atom. The van der Waals surface area contributed by atoms with Gasteiger partial charge in [-0.2, -0.15) is 5.10 Å². The normalized spacial score (nSPS) is 16.3. The van der Waals surface area contributed by atoms with Crippen LogP contribution in [0.15, 0.2) is 53.1 Å². The summed E-state index contributed by atoms with van der Waals surface area (Å²) >= 11 is 6.27. The van der Waals surface area contributed by atoms with Gasteiger partial charge in [0, 0.05) is 22.4 Å². The van der Waals surface area contributed by atoms with Crippen molar-refractivity contribution in [1.29, 1.82) is 0 Å². The molecule has 2 aromatic carbocycles. The first-order valence-corrected chi connectivity index (χ1v) is 12.6. The summed E-state index contributed by atoms with van der Waals surface area (Å²) in [5.74, 6) is -1.45. The van der Waals surface area contributed by atoms with Crippen LogP contribution in [0.3, 0.4) is 0 Å². The summed E-state index contributed by atoms with van der Waals surface area (Å²) in [6.45, 7) is 1.72. The monoisotopic (exact) mass is 561 g/mol. The van der Waals surface area contributed by atoms with Gasteiger partial charge < -0.3 is 20.6 Å². The molecule has 1 amide bonds. The van der Waals surface area contributed by atoms with E-state index in [1.54, 1.807) is 48.0 Å². The van der Waals surface area contributed by atoms with Crippen LogP contribution in [0.1, 0.15) is 36.1 Å². The topological polar surface area (TPSA) is 162 Å². The average molecular weight is 562 g/mol. The van der Waals surface area contributed by atoms with E-state index in [0.717, 1.165) is 0 Å². The van der Waals surface area contributed by atoms with E-state index in [2.05, 4.69) is 25.4 Å². The van der Waals surface area contributed by atoms with Crippen molar-refractivity contribution < 1.29 is 23.5 Å². The highest BCUT2D eigenvalue weighted by molar-refractivity contribution is 6.31. The molecular formula is C27H21ClFN7O4. The molecule has 202 valence electrons. The van der Waals surface area contributed by atoms with Crippen LogP contribution in [0.4, 0.5) is 16.0 Å². The summed E-state index contributed by atoms with van der Waals surface area (Å²) in [4.78, 5) is 37.6. The fourth-order valence-electron chi connectivity index (χ4n) is 4.82. The number of anilines is 2. The van der Waals surface area contributed by atoms with Crippen molar-refractivity contribution >= 4 is 46.0 Å². The smallest absolute Gasteiger partial charge is 0.303 e. The number of aromatic nitrogens is 5. The third-order valence-corrected chi connectivity index (χ3v) is 7.14. The first-order chi connectivity index (χ1) is 19.1. The highest BCUT2D eigenvalue weighted by Gasteiger charge is 2.51. The lowest BCUT2D eigenvalue weighted by Crippen LogP contribution is -2.33. The zero-order chi connectivity index (χ0) is 28.2. The summed E-state index contributed by atoms with van der Waals surface area (Å²) in [6, 6.07) is 11.6. The van der Waals surface area contributed by atoms with E-state index in [9.17, 15) is 14.0 Å². The third-order valence-electron chi connectivity index (χ3n) is 6.90. The number of nitrogens with zero attached hydrogens (tertiary/aromatic N) is 5. The lowest BCUT2D eigenvalue weighted by molar-refractivity contribution is -0.137. The quantitative estimate of drug-likeness (QED) is 0.264. The molecule has 11 nitrogen and oxygen atoms in total. The molecule has 0 bridgehead atoms. The summed E-state index contributed by atoms with van der Waals surface area (Å²) < 4.78 is 21.6. The highest BCUT2D eigenvalue weighted by atomic mass is 35.5. The number of carboxylic acid groups (broad SMARTS) is 1. The molecule has 0 unspecified atom stereocenters. The van der Waals surface area contributed by atoms with Gasteiger partial charge in [-0.05, 0) is 31.2 Å². The highest BCUT2D eigenvalue weighted by Crippen LogP contribution is 2.45. The number of carbonyl (C=O) groups excluding carboxylic acids is 1. The Kier molecular flexibility index (Phi) is 5.99. The second kappa shape index (κ2) is 9.42. The van der Waals surface area contributed by atoms with Crippen LogP contribution in [0, 0.1) is 5.82 Å². The Hall–Kier alpha value is -4.84. The number of hydrogen-bond donors (Lipinski definition) is 3. The Bertz CT molecular complexity index is 1840. The first kappa shape index (κ1) is 25.4. The number of fused-ring (bicyclic) bond motifs is 2. The van der Waals surface area contributed by atoms with Crippen molar-refractivity contribution in [3.05, 3.63) is 82.3 Å². The Morgan fingerprint density at radius 2 is 2.02 bits per heavy atom. The maximum Gasteiger partial charge on any atom is 0.303 e. The Morgan fingerprint density at radius 3 is 2.80 bits per heavy atom. The van der Waals surface area contributed by atoms with Gasteiger partial charge in [0.25, 0.3) is 0 Å². The number of nitrogens with one attached hydrogen (secondary N) is 1. The van der Waals surface area contributed by atoms with Crippen LogP contribution in [0.2, 0.25) is 5.02 Å². The van der Waals surface area contributed by atoms with Gasteiger partial charge in [0.15, 0.2) is 11.2 Å². The fraction of sp³-hybridized carbons (Fsp3) is 0.185.